The smallest absolute Gasteiger partial charge is 0.241 e. The lowest BCUT2D eigenvalue weighted by atomic mass is 9.92. The summed E-state index contributed by atoms with van der Waals surface area (Å²) in [7, 11) is -3.58. The molecule has 124 valence electrons. The maximum atomic E-state index is 12.4. The highest BCUT2D eigenvalue weighted by Gasteiger charge is 2.19. The van der Waals surface area contributed by atoms with Crippen LogP contribution in [0.15, 0.2) is 27.5 Å². The number of benzene rings is 1. The predicted octanol–water partition coefficient (Wildman–Crippen LogP) is 2.55. The van der Waals surface area contributed by atoms with Crippen molar-refractivity contribution in [2.45, 2.75) is 56.9 Å². The summed E-state index contributed by atoms with van der Waals surface area (Å²) in [5.41, 5.74) is 2.40. The van der Waals surface area contributed by atoms with E-state index in [4.69, 9.17) is 4.42 Å². The molecule has 1 aliphatic carbocycles. The van der Waals surface area contributed by atoms with E-state index in [9.17, 15) is 8.42 Å². The average molecular weight is 335 g/mol. The third-order valence-corrected chi connectivity index (χ3v) is 5.42. The van der Waals surface area contributed by atoms with Crippen LogP contribution in [0.1, 0.15) is 55.5 Å². The molecule has 0 saturated heterocycles. The first-order valence-electron chi connectivity index (χ1n) is 7.89. The maximum absolute atomic E-state index is 12.4. The third kappa shape index (κ3) is 3.61. The molecule has 1 aromatic carbocycles. The van der Waals surface area contributed by atoms with Gasteiger partial charge in [0.15, 0.2) is 0 Å². The van der Waals surface area contributed by atoms with Crippen LogP contribution in [0, 0.1) is 0 Å². The molecule has 7 heteroatoms. The summed E-state index contributed by atoms with van der Waals surface area (Å²) in [4.78, 5) is 0.293. The van der Waals surface area contributed by atoms with Crippen molar-refractivity contribution in [1.29, 1.82) is 0 Å². The molecule has 0 unspecified atom stereocenters. The quantitative estimate of drug-likeness (QED) is 0.907. The number of nitrogens with zero attached hydrogens (tertiary/aromatic N) is 2. The number of hydrogen-bond acceptors (Lipinski definition) is 5. The van der Waals surface area contributed by atoms with Gasteiger partial charge in [0.05, 0.1) is 11.4 Å². The van der Waals surface area contributed by atoms with E-state index < -0.39 is 10.0 Å². The van der Waals surface area contributed by atoms with E-state index in [0.29, 0.717) is 10.8 Å². The number of sulfonamides is 1. The average Bonchev–Trinajstić information content (AvgIpc) is 3.02. The minimum absolute atomic E-state index is 0.000855. The van der Waals surface area contributed by atoms with Gasteiger partial charge in [0.25, 0.3) is 0 Å². The summed E-state index contributed by atoms with van der Waals surface area (Å²) in [5, 5.41) is 7.76. The number of aryl methyl sites for hydroxylation is 2. The van der Waals surface area contributed by atoms with Gasteiger partial charge in [0.2, 0.25) is 21.8 Å². The Bertz CT molecular complexity index is 797. The van der Waals surface area contributed by atoms with E-state index in [0.717, 1.165) is 24.8 Å². The Hall–Kier alpha value is -1.73. The zero-order valence-electron chi connectivity index (χ0n) is 13.4. The van der Waals surface area contributed by atoms with Gasteiger partial charge in [0.1, 0.15) is 0 Å². The van der Waals surface area contributed by atoms with Crippen molar-refractivity contribution in [3.8, 4) is 0 Å². The lowest BCUT2D eigenvalue weighted by molar-refractivity contribution is 0.427. The molecule has 0 atom stereocenters. The normalized spacial score (nSPS) is 14.9. The largest absolute Gasteiger partial charge is 0.424 e. The van der Waals surface area contributed by atoms with Crippen LogP contribution in [-0.4, -0.2) is 18.6 Å². The Morgan fingerprint density at radius 2 is 1.91 bits per heavy atom. The molecule has 0 aliphatic heterocycles. The third-order valence-electron chi connectivity index (χ3n) is 4.02. The van der Waals surface area contributed by atoms with Crippen molar-refractivity contribution in [2.24, 2.45) is 0 Å². The van der Waals surface area contributed by atoms with Crippen LogP contribution in [0.3, 0.4) is 0 Å². The van der Waals surface area contributed by atoms with Gasteiger partial charge < -0.3 is 4.42 Å². The Kier molecular flexibility index (Phi) is 4.50. The van der Waals surface area contributed by atoms with E-state index in [1.165, 1.54) is 12.0 Å². The molecule has 0 bridgehead atoms. The lowest BCUT2D eigenvalue weighted by Crippen LogP contribution is -2.23. The molecule has 0 radical (unpaired) electrons. The monoisotopic (exact) mass is 335 g/mol. The van der Waals surface area contributed by atoms with E-state index in [2.05, 4.69) is 14.9 Å². The Balaban J connectivity index is 1.73. The number of fused-ring (bicyclic) bond motifs is 1. The van der Waals surface area contributed by atoms with E-state index in [-0.39, 0.29) is 18.4 Å². The summed E-state index contributed by atoms with van der Waals surface area (Å²) in [6.45, 7) is 3.88. The summed E-state index contributed by atoms with van der Waals surface area (Å²) in [5.74, 6) is 0.900. The first kappa shape index (κ1) is 16.1. The number of nitrogens with one attached hydrogen (secondary N) is 1. The van der Waals surface area contributed by atoms with Crippen LogP contribution < -0.4 is 4.72 Å². The highest BCUT2D eigenvalue weighted by molar-refractivity contribution is 7.89. The number of aromatic nitrogens is 2. The van der Waals surface area contributed by atoms with Crippen molar-refractivity contribution < 1.29 is 12.8 Å². The van der Waals surface area contributed by atoms with Gasteiger partial charge in [-0.2, -0.15) is 0 Å². The lowest BCUT2D eigenvalue weighted by Gasteiger charge is -2.16. The van der Waals surface area contributed by atoms with Gasteiger partial charge in [-0.25, -0.2) is 13.1 Å². The van der Waals surface area contributed by atoms with Gasteiger partial charge >= 0.3 is 0 Å². The van der Waals surface area contributed by atoms with Crippen LogP contribution in [0.4, 0.5) is 0 Å². The molecule has 0 fully saturated rings. The first-order valence-corrected chi connectivity index (χ1v) is 9.38. The fourth-order valence-corrected chi connectivity index (χ4v) is 3.71. The topological polar surface area (TPSA) is 85.1 Å². The predicted molar refractivity (Wildman–Crippen MR) is 85.5 cm³/mol. The van der Waals surface area contributed by atoms with Crippen molar-refractivity contribution in [2.75, 3.05) is 0 Å². The van der Waals surface area contributed by atoms with Gasteiger partial charge in [-0.1, -0.05) is 19.9 Å². The second-order valence-corrected chi connectivity index (χ2v) is 7.92. The van der Waals surface area contributed by atoms with E-state index in [1.807, 2.05) is 19.9 Å². The van der Waals surface area contributed by atoms with Crippen molar-refractivity contribution in [3.05, 3.63) is 41.1 Å². The molecule has 6 nitrogen and oxygen atoms in total. The molecular weight excluding hydrogens is 314 g/mol. The minimum atomic E-state index is -3.58. The highest BCUT2D eigenvalue weighted by Crippen LogP contribution is 2.24. The Morgan fingerprint density at radius 3 is 2.61 bits per heavy atom. The molecule has 1 aromatic heterocycles. The first-order chi connectivity index (χ1) is 11.0. The molecule has 2 aromatic rings. The number of hydrogen-bond donors (Lipinski definition) is 1. The summed E-state index contributed by atoms with van der Waals surface area (Å²) >= 11 is 0. The van der Waals surface area contributed by atoms with Gasteiger partial charge in [-0.05, 0) is 48.9 Å². The summed E-state index contributed by atoms with van der Waals surface area (Å²) < 4.78 is 32.8. The Morgan fingerprint density at radius 1 is 1.17 bits per heavy atom. The van der Waals surface area contributed by atoms with Crippen LogP contribution in [0.2, 0.25) is 0 Å². The van der Waals surface area contributed by atoms with E-state index in [1.54, 1.807) is 12.1 Å². The molecule has 0 spiro atoms. The molecule has 1 N–H and O–H groups in total. The number of rotatable bonds is 5. The summed E-state index contributed by atoms with van der Waals surface area (Å²) in [6.07, 6.45) is 4.26. The second kappa shape index (κ2) is 6.41. The van der Waals surface area contributed by atoms with Crippen LogP contribution in [-0.2, 0) is 29.4 Å². The fraction of sp³-hybridized carbons (Fsp3) is 0.500. The fourth-order valence-electron chi connectivity index (χ4n) is 2.69. The van der Waals surface area contributed by atoms with Gasteiger partial charge in [-0.15, -0.1) is 10.2 Å². The molecular formula is C16H21N3O3S. The van der Waals surface area contributed by atoms with Crippen LogP contribution in [0.5, 0.6) is 0 Å². The molecule has 0 saturated carbocycles. The zero-order valence-corrected chi connectivity index (χ0v) is 14.2. The second-order valence-electron chi connectivity index (χ2n) is 6.15. The van der Waals surface area contributed by atoms with Crippen molar-refractivity contribution in [1.82, 2.24) is 14.9 Å². The molecule has 1 aliphatic rings. The van der Waals surface area contributed by atoms with Crippen molar-refractivity contribution >= 4 is 10.0 Å². The SMILES string of the molecule is CC(C)c1nnc(CNS(=O)(=O)c2ccc3c(c2)CCCC3)o1. The summed E-state index contributed by atoms with van der Waals surface area (Å²) in [6, 6.07) is 5.37. The maximum Gasteiger partial charge on any atom is 0.241 e. The van der Waals surface area contributed by atoms with Crippen LogP contribution in [0.25, 0.3) is 0 Å². The molecule has 1 heterocycles. The molecule has 3 rings (SSSR count). The van der Waals surface area contributed by atoms with Crippen molar-refractivity contribution in [3.63, 3.8) is 0 Å². The molecule has 0 amide bonds. The Labute approximate surface area is 136 Å². The standard InChI is InChI=1S/C16H21N3O3S/c1-11(2)16-19-18-15(22-16)10-17-23(20,21)14-8-7-12-5-3-4-6-13(12)9-14/h7-9,11,17H,3-6,10H2,1-2H3. The molecule has 23 heavy (non-hydrogen) atoms. The van der Waals surface area contributed by atoms with Crippen LogP contribution >= 0.6 is 0 Å². The minimum Gasteiger partial charge on any atom is -0.424 e. The van der Waals surface area contributed by atoms with Gasteiger partial charge in [0, 0.05) is 5.92 Å². The van der Waals surface area contributed by atoms with E-state index >= 15 is 0 Å². The van der Waals surface area contributed by atoms with Gasteiger partial charge in [-0.3, -0.25) is 0 Å². The highest BCUT2D eigenvalue weighted by atomic mass is 32.2. The zero-order chi connectivity index (χ0) is 16.4.